The molecule has 1 atom stereocenters. The standard InChI is InChI=1S/C17H23FN2O/c1-12(2)20-11-15(13-4-3-5-14(18)10-13)17(16(20)21)6-8-19-9-7-17/h3-5,10,12,15,19H,6-9,11H2,1-2H3. The summed E-state index contributed by atoms with van der Waals surface area (Å²) in [6.45, 7) is 6.55. The highest BCUT2D eigenvalue weighted by molar-refractivity contribution is 5.87. The highest BCUT2D eigenvalue weighted by Gasteiger charge is 2.54. The molecule has 3 rings (SSSR count). The summed E-state index contributed by atoms with van der Waals surface area (Å²) in [4.78, 5) is 15.0. The number of likely N-dealkylation sites (tertiary alicyclic amines) is 1. The average Bonchev–Trinajstić information content (AvgIpc) is 2.74. The van der Waals surface area contributed by atoms with Crippen molar-refractivity contribution < 1.29 is 9.18 Å². The van der Waals surface area contributed by atoms with E-state index in [0.717, 1.165) is 31.5 Å². The molecular formula is C17H23FN2O. The zero-order valence-electron chi connectivity index (χ0n) is 12.7. The van der Waals surface area contributed by atoms with Crippen LogP contribution >= 0.6 is 0 Å². The van der Waals surface area contributed by atoms with E-state index in [2.05, 4.69) is 19.2 Å². The summed E-state index contributed by atoms with van der Waals surface area (Å²) in [5.41, 5.74) is 0.622. The number of piperidine rings is 1. The highest BCUT2D eigenvalue weighted by Crippen LogP contribution is 2.50. The van der Waals surface area contributed by atoms with Gasteiger partial charge in [0.1, 0.15) is 5.82 Å². The lowest BCUT2D eigenvalue weighted by molar-refractivity contribution is -0.139. The Morgan fingerprint density at radius 3 is 2.67 bits per heavy atom. The summed E-state index contributed by atoms with van der Waals surface area (Å²) in [6, 6.07) is 6.99. The monoisotopic (exact) mass is 290 g/mol. The normalized spacial score (nSPS) is 25.0. The van der Waals surface area contributed by atoms with Gasteiger partial charge >= 0.3 is 0 Å². The summed E-state index contributed by atoms with van der Waals surface area (Å²) in [5, 5.41) is 3.34. The molecule has 1 amide bonds. The van der Waals surface area contributed by atoms with Crippen LogP contribution in [-0.4, -0.2) is 36.5 Å². The number of halogens is 1. The minimum absolute atomic E-state index is 0.102. The fourth-order valence-corrected chi connectivity index (χ4v) is 3.92. The summed E-state index contributed by atoms with van der Waals surface area (Å²) in [7, 11) is 0. The van der Waals surface area contributed by atoms with Crippen molar-refractivity contribution in [2.24, 2.45) is 5.41 Å². The van der Waals surface area contributed by atoms with Crippen LogP contribution in [0.1, 0.15) is 38.2 Å². The molecule has 2 aliphatic heterocycles. The van der Waals surface area contributed by atoms with E-state index >= 15 is 0 Å². The van der Waals surface area contributed by atoms with Crippen LogP contribution in [0.4, 0.5) is 4.39 Å². The van der Waals surface area contributed by atoms with Crippen molar-refractivity contribution in [3.63, 3.8) is 0 Å². The first-order valence-corrected chi connectivity index (χ1v) is 7.82. The van der Waals surface area contributed by atoms with Crippen molar-refractivity contribution >= 4 is 5.91 Å². The maximum atomic E-state index is 13.6. The molecule has 2 heterocycles. The molecule has 21 heavy (non-hydrogen) atoms. The summed E-state index contributed by atoms with van der Waals surface area (Å²) < 4.78 is 13.6. The first-order valence-electron chi connectivity index (χ1n) is 7.82. The zero-order chi connectivity index (χ0) is 15.0. The summed E-state index contributed by atoms with van der Waals surface area (Å²) in [6.07, 6.45) is 1.69. The van der Waals surface area contributed by atoms with E-state index in [-0.39, 0.29) is 29.1 Å². The van der Waals surface area contributed by atoms with Gasteiger partial charge in [0.2, 0.25) is 5.91 Å². The number of rotatable bonds is 2. The fraction of sp³-hybridized carbons (Fsp3) is 0.588. The second kappa shape index (κ2) is 5.41. The lowest BCUT2D eigenvalue weighted by Gasteiger charge is -2.37. The Hall–Kier alpha value is -1.42. The van der Waals surface area contributed by atoms with Crippen LogP contribution in [0.2, 0.25) is 0 Å². The number of benzene rings is 1. The Morgan fingerprint density at radius 2 is 2.05 bits per heavy atom. The number of hydrogen-bond donors (Lipinski definition) is 1. The van der Waals surface area contributed by atoms with Crippen LogP contribution in [0.15, 0.2) is 24.3 Å². The van der Waals surface area contributed by atoms with E-state index < -0.39 is 0 Å². The van der Waals surface area contributed by atoms with E-state index in [0.29, 0.717) is 6.54 Å². The van der Waals surface area contributed by atoms with Gasteiger partial charge in [-0.25, -0.2) is 4.39 Å². The van der Waals surface area contributed by atoms with Gasteiger partial charge in [0.05, 0.1) is 5.41 Å². The first-order chi connectivity index (χ1) is 10.0. The number of hydrogen-bond acceptors (Lipinski definition) is 2. The third-order valence-corrected chi connectivity index (χ3v) is 5.10. The minimum Gasteiger partial charge on any atom is -0.339 e. The predicted molar refractivity (Wildman–Crippen MR) is 80.5 cm³/mol. The number of nitrogens with zero attached hydrogens (tertiary/aromatic N) is 1. The van der Waals surface area contributed by atoms with Gasteiger partial charge in [-0.2, -0.15) is 0 Å². The van der Waals surface area contributed by atoms with Crippen molar-refractivity contribution in [2.45, 2.75) is 38.6 Å². The second-order valence-electron chi connectivity index (χ2n) is 6.56. The van der Waals surface area contributed by atoms with Crippen LogP contribution in [0.5, 0.6) is 0 Å². The number of carbonyl (C=O) groups excluding carboxylic acids is 1. The molecule has 3 nitrogen and oxygen atoms in total. The third-order valence-electron chi connectivity index (χ3n) is 5.10. The molecule has 1 aromatic rings. The van der Waals surface area contributed by atoms with Crippen molar-refractivity contribution in [2.75, 3.05) is 19.6 Å². The van der Waals surface area contributed by atoms with Gasteiger partial charge in [-0.05, 0) is 57.5 Å². The van der Waals surface area contributed by atoms with E-state index in [4.69, 9.17) is 0 Å². The summed E-state index contributed by atoms with van der Waals surface area (Å²) >= 11 is 0. The Balaban J connectivity index is 2.02. The van der Waals surface area contributed by atoms with Gasteiger partial charge in [-0.15, -0.1) is 0 Å². The van der Waals surface area contributed by atoms with Crippen molar-refractivity contribution in [3.8, 4) is 0 Å². The van der Waals surface area contributed by atoms with Gasteiger partial charge < -0.3 is 10.2 Å². The molecule has 0 radical (unpaired) electrons. The first kappa shape index (κ1) is 14.5. The van der Waals surface area contributed by atoms with Crippen LogP contribution in [0.25, 0.3) is 0 Å². The SMILES string of the molecule is CC(C)N1CC(c2cccc(F)c2)C2(CCNCC2)C1=O. The fourth-order valence-electron chi connectivity index (χ4n) is 3.92. The maximum absolute atomic E-state index is 13.6. The molecule has 2 saturated heterocycles. The van der Waals surface area contributed by atoms with Gasteiger partial charge in [0.15, 0.2) is 0 Å². The quantitative estimate of drug-likeness (QED) is 0.908. The van der Waals surface area contributed by atoms with Crippen LogP contribution in [-0.2, 0) is 4.79 Å². The molecule has 1 aromatic carbocycles. The van der Waals surface area contributed by atoms with Crippen LogP contribution in [0, 0.1) is 11.2 Å². The van der Waals surface area contributed by atoms with E-state index in [1.807, 2.05) is 11.0 Å². The van der Waals surface area contributed by atoms with Crippen molar-refractivity contribution in [3.05, 3.63) is 35.6 Å². The Labute approximate surface area is 125 Å². The number of carbonyl (C=O) groups is 1. The van der Waals surface area contributed by atoms with Gasteiger partial charge in [0, 0.05) is 18.5 Å². The predicted octanol–water partition coefficient (Wildman–Crippen LogP) is 2.53. The molecule has 1 spiro atoms. The average molecular weight is 290 g/mol. The second-order valence-corrected chi connectivity index (χ2v) is 6.56. The van der Waals surface area contributed by atoms with E-state index in [1.54, 1.807) is 12.1 Å². The molecule has 0 aliphatic carbocycles. The Kier molecular flexibility index (Phi) is 3.74. The highest BCUT2D eigenvalue weighted by atomic mass is 19.1. The molecular weight excluding hydrogens is 267 g/mol. The smallest absolute Gasteiger partial charge is 0.229 e. The van der Waals surface area contributed by atoms with Crippen LogP contribution in [0.3, 0.4) is 0 Å². The van der Waals surface area contributed by atoms with Gasteiger partial charge in [-0.1, -0.05) is 12.1 Å². The minimum atomic E-state index is -0.344. The molecule has 0 bridgehead atoms. The Morgan fingerprint density at radius 1 is 1.33 bits per heavy atom. The largest absolute Gasteiger partial charge is 0.339 e. The summed E-state index contributed by atoms with van der Waals surface area (Å²) in [5.74, 6) is 0.144. The van der Waals surface area contributed by atoms with Crippen molar-refractivity contribution in [1.82, 2.24) is 10.2 Å². The molecule has 1 unspecified atom stereocenters. The molecule has 0 saturated carbocycles. The number of amides is 1. The zero-order valence-corrected chi connectivity index (χ0v) is 12.7. The lowest BCUT2D eigenvalue weighted by atomic mass is 9.68. The molecule has 114 valence electrons. The molecule has 0 aromatic heterocycles. The third kappa shape index (κ3) is 2.35. The van der Waals surface area contributed by atoms with Gasteiger partial charge in [-0.3, -0.25) is 4.79 Å². The lowest BCUT2D eigenvalue weighted by Crippen LogP contribution is -2.45. The molecule has 1 N–H and O–H groups in total. The van der Waals surface area contributed by atoms with E-state index in [1.165, 1.54) is 6.07 Å². The topological polar surface area (TPSA) is 32.3 Å². The molecule has 2 aliphatic rings. The Bertz CT molecular complexity index is 537. The maximum Gasteiger partial charge on any atom is 0.229 e. The van der Waals surface area contributed by atoms with E-state index in [9.17, 15) is 9.18 Å². The molecule has 4 heteroatoms. The molecule has 2 fully saturated rings. The van der Waals surface area contributed by atoms with Gasteiger partial charge in [0.25, 0.3) is 0 Å². The van der Waals surface area contributed by atoms with Crippen molar-refractivity contribution in [1.29, 1.82) is 0 Å². The van der Waals surface area contributed by atoms with Crippen LogP contribution < -0.4 is 5.32 Å². The number of nitrogens with one attached hydrogen (secondary N) is 1.